The van der Waals surface area contributed by atoms with Gasteiger partial charge in [-0.3, -0.25) is 19.2 Å². The van der Waals surface area contributed by atoms with Crippen molar-refractivity contribution in [1.29, 1.82) is 0 Å². The molecule has 0 spiro atoms. The fraction of sp³-hybridized carbons (Fsp3) is 0.458. The molecule has 0 aliphatic carbocycles. The molecule has 0 fully saturated rings. The van der Waals surface area contributed by atoms with Crippen molar-refractivity contribution in [2.75, 3.05) is 18.7 Å². The molecule has 14 heteroatoms. The molecule has 0 radical (unpaired) electrons. The van der Waals surface area contributed by atoms with Gasteiger partial charge in [-0.25, -0.2) is 20.0 Å². The number of nitrogens with zero attached hydrogens (tertiary/aromatic N) is 4. The van der Waals surface area contributed by atoms with Gasteiger partial charge in [0, 0.05) is 10.6 Å². The van der Waals surface area contributed by atoms with Gasteiger partial charge >= 0.3 is 5.97 Å². The quantitative estimate of drug-likeness (QED) is 0.218. The normalized spacial score (nSPS) is 14.3. The number of fused-ring (bicyclic) bond motifs is 1. The number of nitrogen functional groups attached to an aromatic ring is 1. The summed E-state index contributed by atoms with van der Waals surface area (Å²) in [6.45, 7) is 9.14. The Morgan fingerprint density at radius 2 is 1.84 bits per heavy atom. The second-order valence-corrected chi connectivity index (χ2v) is 12.5. The molecule has 0 aliphatic heterocycles. The molecule has 12 nitrogen and oxygen atoms in total. The van der Waals surface area contributed by atoms with E-state index in [-0.39, 0.29) is 23.9 Å². The van der Waals surface area contributed by atoms with Crippen LogP contribution < -0.4 is 15.9 Å². The van der Waals surface area contributed by atoms with Crippen molar-refractivity contribution in [3.8, 4) is 0 Å². The molecular formula is C24H33ClN7O5P. The maximum atomic E-state index is 14.0. The number of amides is 1. The van der Waals surface area contributed by atoms with E-state index in [1.165, 1.54) is 32.3 Å². The average molecular weight is 566 g/mol. The number of esters is 1. The molecule has 2 heterocycles. The van der Waals surface area contributed by atoms with Crippen LogP contribution >= 0.6 is 19.0 Å². The molecule has 0 aliphatic rings. The largest absolute Gasteiger partial charge is 0.464 e. The lowest BCUT2D eigenvalue weighted by Crippen LogP contribution is -2.49. The minimum absolute atomic E-state index is 0.121. The van der Waals surface area contributed by atoms with E-state index in [2.05, 4.69) is 25.1 Å². The van der Waals surface area contributed by atoms with Gasteiger partial charge in [-0.05, 0) is 51.0 Å². The van der Waals surface area contributed by atoms with E-state index in [9.17, 15) is 14.2 Å². The number of hydrogen-bond acceptors (Lipinski definition) is 9. The molecule has 0 unspecified atom stereocenters. The average Bonchev–Trinajstić information content (AvgIpc) is 3.25. The molecule has 2 atom stereocenters. The summed E-state index contributed by atoms with van der Waals surface area (Å²) in [4.78, 5) is 38.0. The third-order valence-electron chi connectivity index (χ3n) is 5.33. The van der Waals surface area contributed by atoms with E-state index in [1.54, 1.807) is 30.0 Å². The number of carbonyl (C=O) groups is 2. The van der Waals surface area contributed by atoms with E-state index >= 15 is 0 Å². The highest BCUT2D eigenvalue weighted by atomic mass is 35.5. The number of ether oxygens (including phenoxy) is 2. The van der Waals surface area contributed by atoms with Gasteiger partial charge in [0.1, 0.15) is 23.7 Å². The monoisotopic (exact) mass is 565 g/mol. The first-order valence-electron chi connectivity index (χ1n) is 12.0. The van der Waals surface area contributed by atoms with Crippen molar-refractivity contribution in [1.82, 2.24) is 29.7 Å². The molecular weight excluding hydrogens is 533 g/mol. The van der Waals surface area contributed by atoms with Crippen LogP contribution in [0.15, 0.2) is 36.9 Å². The van der Waals surface area contributed by atoms with Gasteiger partial charge in [0.2, 0.25) is 0 Å². The Labute approximate surface area is 226 Å². The Bertz CT molecular complexity index is 1330. The lowest BCUT2D eigenvalue weighted by atomic mass is 10.1. The van der Waals surface area contributed by atoms with Crippen LogP contribution in [0.3, 0.4) is 0 Å². The molecule has 0 saturated heterocycles. The summed E-state index contributed by atoms with van der Waals surface area (Å²) in [6, 6.07) is 6.11. The standard InChI is InChI=1S/C24H33ClN7O5P/c1-15(2)11-36-23(34)24(4,5)31-38(35,30-22(33)17-6-8-18(25)9-7-17)14-37-16(3)10-32-13-29-19-20(26)27-12-28-21(19)32/h6-9,12-13,15-16H,10-11,14H2,1-5H3,(H2,26,27,28)(H2,30,31,33,35)/t16-,38-/m1/s1. The van der Waals surface area contributed by atoms with Gasteiger partial charge in [-0.1, -0.05) is 25.4 Å². The summed E-state index contributed by atoms with van der Waals surface area (Å²) in [5.41, 5.74) is 5.69. The topological polar surface area (TPSA) is 163 Å². The fourth-order valence-corrected chi connectivity index (χ4v) is 5.66. The van der Waals surface area contributed by atoms with Gasteiger partial charge in [-0.15, -0.1) is 0 Å². The van der Waals surface area contributed by atoms with Crippen molar-refractivity contribution < 1.29 is 23.6 Å². The first-order valence-corrected chi connectivity index (χ1v) is 14.2. The van der Waals surface area contributed by atoms with E-state index in [1.807, 2.05) is 13.8 Å². The van der Waals surface area contributed by atoms with Gasteiger partial charge < -0.3 is 19.8 Å². The number of nitrogens with one attached hydrogen (secondary N) is 2. The highest BCUT2D eigenvalue weighted by Gasteiger charge is 2.39. The SMILES string of the molecule is CC(C)COC(=O)C(C)(C)N[P@@](=O)(CO[C@H](C)Cn1cnc2c(N)ncnc21)NC(=O)c1ccc(Cl)cc1. The summed E-state index contributed by atoms with van der Waals surface area (Å²) in [6.07, 6.45) is 2.01. The van der Waals surface area contributed by atoms with Crippen LogP contribution in [0.2, 0.25) is 5.02 Å². The van der Waals surface area contributed by atoms with Crippen molar-refractivity contribution in [3.05, 3.63) is 47.5 Å². The second kappa shape index (κ2) is 12.2. The van der Waals surface area contributed by atoms with Crippen LogP contribution in [0.1, 0.15) is 45.0 Å². The first-order chi connectivity index (χ1) is 17.8. The van der Waals surface area contributed by atoms with Crippen LogP contribution in [0.25, 0.3) is 11.2 Å². The smallest absolute Gasteiger partial charge is 0.326 e. The highest BCUT2D eigenvalue weighted by molar-refractivity contribution is 7.60. The third kappa shape index (κ3) is 7.73. The van der Waals surface area contributed by atoms with Gasteiger partial charge in [0.25, 0.3) is 13.4 Å². The molecule has 38 heavy (non-hydrogen) atoms. The van der Waals surface area contributed by atoms with E-state index in [0.29, 0.717) is 22.7 Å². The van der Waals surface area contributed by atoms with Gasteiger partial charge in [-0.2, -0.15) is 0 Å². The number of halogens is 1. The van der Waals surface area contributed by atoms with Gasteiger partial charge in [0.05, 0.1) is 25.6 Å². The van der Waals surface area contributed by atoms with Crippen LogP contribution in [-0.4, -0.2) is 56.0 Å². The van der Waals surface area contributed by atoms with Crippen molar-refractivity contribution in [3.63, 3.8) is 0 Å². The van der Waals surface area contributed by atoms with E-state index < -0.39 is 37.3 Å². The zero-order valence-corrected chi connectivity index (χ0v) is 23.6. The Morgan fingerprint density at radius 1 is 1.16 bits per heavy atom. The molecule has 206 valence electrons. The number of carbonyl (C=O) groups excluding carboxylic acids is 2. The Morgan fingerprint density at radius 3 is 2.50 bits per heavy atom. The van der Waals surface area contributed by atoms with Crippen LogP contribution in [0, 0.1) is 5.92 Å². The number of rotatable bonds is 12. The van der Waals surface area contributed by atoms with E-state index in [4.69, 9.17) is 26.8 Å². The number of anilines is 1. The Balaban J connectivity index is 1.76. The zero-order valence-electron chi connectivity index (χ0n) is 22.0. The molecule has 1 aromatic carbocycles. The van der Waals surface area contributed by atoms with Crippen molar-refractivity contribution in [2.45, 2.75) is 52.8 Å². The molecule has 4 N–H and O–H groups in total. The minimum Gasteiger partial charge on any atom is -0.464 e. The van der Waals surface area contributed by atoms with Crippen LogP contribution in [0.4, 0.5) is 5.82 Å². The highest BCUT2D eigenvalue weighted by Crippen LogP contribution is 2.40. The number of imidazole rings is 1. The van der Waals surface area contributed by atoms with Crippen molar-refractivity contribution in [2.24, 2.45) is 5.92 Å². The molecule has 0 bridgehead atoms. The third-order valence-corrected chi connectivity index (χ3v) is 7.58. The lowest BCUT2D eigenvalue weighted by Gasteiger charge is -2.31. The molecule has 3 rings (SSSR count). The van der Waals surface area contributed by atoms with Crippen molar-refractivity contribution >= 4 is 47.9 Å². The maximum Gasteiger partial charge on any atom is 0.326 e. The molecule has 3 aromatic rings. The Hall–Kier alpha value is -3.05. The number of nitrogens with two attached hydrogens (primary N) is 1. The first kappa shape index (κ1) is 29.5. The molecule has 2 aromatic heterocycles. The van der Waals surface area contributed by atoms with Gasteiger partial charge in [0.15, 0.2) is 11.5 Å². The second-order valence-electron chi connectivity index (χ2n) is 9.85. The number of hydrogen-bond donors (Lipinski definition) is 3. The number of aromatic nitrogens is 4. The number of benzene rings is 1. The summed E-state index contributed by atoms with van der Waals surface area (Å²) >= 11 is 5.92. The minimum atomic E-state index is -3.85. The fourth-order valence-electron chi connectivity index (χ4n) is 3.44. The molecule has 1 amide bonds. The lowest BCUT2D eigenvalue weighted by molar-refractivity contribution is -0.150. The summed E-state index contributed by atoms with van der Waals surface area (Å²) < 4.78 is 27.0. The van der Waals surface area contributed by atoms with Crippen LogP contribution in [-0.2, 0) is 25.4 Å². The van der Waals surface area contributed by atoms with Crippen LogP contribution in [0.5, 0.6) is 0 Å². The Kier molecular flexibility index (Phi) is 9.48. The predicted molar refractivity (Wildman–Crippen MR) is 145 cm³/mol. The molecule has 0 saturated carbocycles. The van der Waals surface area contributed by atoms with E-state index in [0.717, 1.165) is 0 Å². The maximum absolute atomic E-state index is 14.0. The zero-order chi connectivity index (χ0) is 28.1. The summed E-state index contributed by atoms with van der Waals surface area (Å²) in [5.74, 6) is -0.849. The predicted octanol–water partition coefficient (Wildman–Crippen LogP) is 3.62. The summed E-state index contributed by atoms with van der Waals surface area (Å²) in [7, 11) is -3.85. The summed E-state index contributed by atoms with van der Waals surface area (Å²) in [5, 5.41) is 5.78.